The summed E-state index contributed by atoms with van der Waals surface area (Å²) in [6, 6.07) is 7.50. The molecule has 0 saturated carbocycles. The van der Waals surface area contributed by atoms with Crippen molar-refractivity contribution >= 4 is 23.7 Å². The molecule has 0 amide bonds. The number of methoxy groups -OCH3 is 2. The predicted octanol–water partition coefficient (Wildman–Crippen LogP) is 2.50. The van der Waals surface area contributed by atoms with Crippen LogP contribution in [0.3, 0.4) is 0 Å². The highest BCUT2D eigenvalue weighted by Crippen LogP contribution is 2.21. The van der Waals surface area contributed by atoms with Crippen LogP contribution in [0.5, 0.6) is 5.75 Å². The van der Waals surface area contributed by atoms with Crippen LogP contribution in [-0.2, 0) is 11.3 Å². The summed E-state index contributed by atoms with van der Waals surface area (Å²) in [5.74, 6) is 1.71. The molecule has 1 aliphatic heterocycles. The van der Waals surface area contributed by atoms with Gasteiger partial charge in [-0.1, -0.05) is 31.9 Å². The van der Waals surface area contributed by atoms with Crippen LogP contribution in [0.4, 0.5) is 0 Å². The minimum absolute atomic E-state index is 0.386. The van der Waals surface area contributed by atoms with E-state index in [0.717, 1.165) is 54.2 Å². The topological polar surface area (TPSA) is 90.9 Å². The van der Waals surface area contributed by atoms with Gasteiger partial charge < -0.3 is 25.1 Å². The molecule has 7 heteroatoms. The summed E-state index contributed by atoms with van der Waals surface area (Å²) in [5.41, 5.74) is 7.65. The maximum atomic E-state index is 11.9. The third-order valence-corrected chi connectivity index (χ3v) is 5.60. The number of nitrogens with two attached hydrogens (primary N) is 1. The van der Waals surface area contributed by atoms with E-state index in [2.05, 4.69) is 35.1 Å². The van der Waals surface area contributed by atoms with Gasteiger partial charge in [0.1, 0.15) is 11.6 Å². The number of esters is 1. The Morgan fingerprint density at radius 3 is 2.84 bits per heavy atom. The minimum Gasteiger partial charge on any atom is -0.496 e. The first-order chi connectivity index (χ1) is 15.6. The van der Waals surface area contributed by atoms with Gasteiger partial charge in [-0.25, -0.2) is 9.79 Å². The van der Waals surface area contributed by atoms with Crippen LogP contribution in [0.1, 0.15) is 61.4 Å². The molecule has 1 aromatic carbocycles. The number of nitrogens with zero attached hydrogens (tertiary/aromatic N) is 2. The van der Waals surface area contributed by atoms with Gasteiger partial charge in [-0.2, -0.15) is 0 Å². The maximum Gasteiger partial charge on any atom is 0.337 e. The van der Waals surface area contributed by atoms with Crippen molar-refractivity contribution in [3.05, 3.63) is 52.2 Å². The summed E-state index contributed by atoms with van der Waals surface area (Å²) in [6.07, 6.45) is 10.4. The first-order valence-electron chi connectivity index (χ1n) is 11.3. The smallest absolute Gasteiger partial charge is 0.337 e. The van der Waals surface area contributed by atoms with E-state index in [1.807, 2.05) is 6.07 Å². The number of fused-ring (bicyclic) bond motifs is 1. The molecule has 2 heterocycles. The molecule has 0 radical (unpaired) electrons. The number of hydrogen-bond donors (Lipinski definition) is 2. The van der Waals surface area contributed by atoms with Crippen LogP contribution >= 0.6 is 0 Å². The van der Waals surface area contributed by atoms with E-state index >= 15 is 0 Å². The molecular weight excluding hydrogens is 404 g/mol. The largest absolute Gasteiger partial charge is 0.496 e. The normalized spacial score (nSPS) is 18.1. The maximum absolute atomic E-state index is 11.9. The Bertz CT molecular complexity index is 1090. The average molecular weight is 439 g/mol. The summed E-state index contributed by atoms with van der Waals surface area (Å²) in [4.78, 5) is 16.7. The van der Waals surface area contributed by atoms with Crippen molar-refractivity contribution in [3.63, 3.8) is 0 Å². The molecule has 2 aromatic rings. The number of benzene rings is 1. The number of aromatic nitrogens is 1. The van der Waals surface area contributed by atoms with E-state index in [4.69, 9.17) is 20.2 Å². The molecule has 0 aliphatic carbocycles. The third-order valence-electron chi connectivity index (χ3n) is 5.60. The zero-order chi connectivity index (χ0) is 22.9. The van der Waals surface area contributed by atoms with Gasteiger partial charge in [0.2, 0.25) is 0 Å². The fourth-order valence-electron chi connectivity index (χ4n) is 3.86. The van der Waals surface area contributed by atoms with E-state index in [1.165, 1.54) is 20.0 Å². The quantitative estimate of drug-likeness (QED) is 0.464. The first-order valence-corrected chi connectivity index (χ1v) is 11.3. The average Bonchev–Trinajstić information content (AvgIpc) is 3.22. The molecule has 0 fully saturated rings. The highest BCUT2D eigenvalue weighted by molar-refractivity contribution is 5.90. The van der Waals surface area contributed by atoms with Crippen molar-refractivity contribution in [1.29, 1.82) is 0 Å². The van der Waals surface area contributed by atoms with Gasteiger partial charge in [0.15, 0.2) is 5.82 Å². The number of rotatable bonds is 9. The van der Waals surface area contributed by atoms with Crippen molar-refractivity contribution < 1.29 is 14.3 Å². The number of amidine groups is 1. The van der Waals surface area contributed by atoms with Crippen LogP contribution in [0, 0.1) is 0 Å². The lowest BCUT2D eigenvalue weighted by Gasteiger charge is -2.13. The number of ether oxygens (including phenoxy) is 2. The molecular formula is C25H34N4O3. The third kappa shape index (κ3) is 5.72. The van der Waals surface area contributed by atoms with Crippen molar-refractivity contribution in [1.82, 2.24) is 9.88 Å². The molecule has 0 saturated heterocycles. The zero-order valence-electron chi connectivity index (χ0n) is 19.3. The standard InChI is InChI=1S/C25H34N4O3/c1-4-5-8-14-27-24-23-18(9-6-7-10-22(26)28-24)13-15-29(23)17-20-12-11-19(25(30)32-3)16-21(20)31-2/h9,11-13,15-16,27H,4-8,10,14,17H2,1-3H3,(H2,26,28)/b18-9-,24-23+. The van der Waals surface area contributed by atoms with E-state index in [9.17, 15) is 4.79 Å². The molecule has 7 nitrogen and oxygen atoms in total. The van der Waals surface area contributed by atoms with Gasteiger partial charge in [-0.15, -0.1) is 0 Å². The Labute approximate surface area is 189 Å². The highest BCUT2D eigenvalue weighted by atomic mass is 16.5. The Morgan fingerprint density at radius 2 is 2.09 bits per heavy atom. The summed E-state index contributed by atoms with van der Waals surface area (Å²) >= 11 is 0. The molecule has 1 aliphatic rings. The molecule has 0 unspecified atom stereocenters. The van der Waals surface area contributed by atoms with Crippen molar-refractivity contribution in [2.24, 2.45) is 10.7 Å². The van der Waals surface area contributed by atoms with E-state index < -0.39 is 0 Å². The van der Waals surface area contributed by atoms with Crippen LogP contribution in [0.2, 0.25) is 0 Å². The van der Waals surface area contributed by atoms with E-state index in [-0.39, 0.29) is 5.97 Å². The van der Waals surface area contributed by atoms with Crippen molar-refractivity contribution in [3.8, 4) is 5.75 Å². The van der Waals surface area contributed by atoms with Gasteiger partial charge in [0.05, 0.1) is 31.7 Å². The van der Waals surface area contributed by atoms with Gasteiger partial charge in [-0.3, -0.25) is 0 Å². The van der Waals surface area contributed by atoms with Crippen molar-refractivity contribution in [2.75, 3.05) is 20.8 Å². The number of nitrogens with one attached hydrogen (secondary N) is 1. The second-order valence-electron chi connectivity index (χ2n) is 7.95. The zero-order valence-corrected chi connectivity index (χ0v) is 19.3. The fraction of sp³-hybridized carbons (Fsp3) is 0.440. The van der Waals surface area contributed by atoms with E-state index in [1.54, 1.807) is 19.2 Å². The molecule has 32 heavy (non-hydrogen) atoms. The Hall–Kier alpha value is -3.22. The number of carbonyl (C=O) groups is 1. The van der Waals surface area contributed by atoms with Gasteiger partial charge in [-0.05, 0) is 42.7 Å². The molecule has 1 aromatic heterocycles. The predicted molar refractivity (Wildman–Crippen MR) is 128 cm³/mol. The monoisotopic (exact) mass is 438 g/mol. The van der Waals surface area contributed by atoms with E-state index in [0.29, 0.717) is 23.7 Å². The Balaban J connectivity index is 2.06. The summed E-state index contributed by atoms with van der Waals surface area (Å²) in [6.45, 7) is 3.62. The van der Waals surface area contributed by atoms with Crippen LogP contribution < -0.4 is 26.4 Å². The van der Waals surface area contributed by atoms with Crippen LogP contribution in [-0.4, -0.2) is 37.1 Å². The number of hydrogen-bond acceptors (Lipinski definition) is 6. The SMILES string of the molecule is CCCCCNC1=c2/c(ccn2Cc2ccc(C(=O)OC)cc2OC)=C\CCC/C(N)=N\1. The lowest BCUT2D eigenvalue weighted by Crippen LogP contribution is -2.36. The first kappa shape index (κ1) is 23.4. The summed E-state index contributed by atoms with van der Waals surface area (Å²) in [5, 5.41) is 5.69. The lowest BCUT2D eigenvalue weighted by atomic mass is 10.1. The number of carbonyl (C=O) groups excluding carboxylic acids is 1. The molecule has 0 bridgehead atoms. The fourth-order valence-corrected chi connectivity index (χ4v) is 3.86. The van der Waals surface area contributed by atoms with Gasteiger partial charge in [0, 0.05) is 24.7 Å². The molecule has 3 N–H and O–H groups in total. The Morgan fingerprint density at radius 1 is 1.25 bits per heavy atom. The number of unbranched alkanes of at least 4 members (excludes halogenated alkanes) is 2. The Kier molecular flexibility index (Phi) is 8.36. The summed E-state index contributed by atoms with van der Waals surface area (Å²) < 4.78 is 12.6. The minimum atomic E-state index is -0.386. The molecule has 3 rings (SSSR count). The second-order valence-corrected chi connectivity index (χ2v) is 7.95. The number of aliphatic imine (C=N–C) groups is 1. The van der Waals surface area contributed by atoms with Crippen molar-refractivity contribution in [2.45, 2.75) is 52.0 Å². The second kappa shape index (κ2) is 11.4. The molecule has 0 spiro atoms. The van der Waals surface area contributed by atoms with Crippen LogP contribution in [0.25, 0.3) is 11.9 Å². The van der Waals surface area contributed by atoms with Gasteiger partial charge in [0.25, 0.3) is 0 Å². The molecule has 172 valence electrons. The van der Waals surface area contributed by atoms with Crippen LogP contribution in [0.15, 0.2) is 35.5 Å². The lowest BCUT2D eigenvalue weighted by molar-refractivity contribution is 0.0600. The summed E-state index contributed by atoms with van der Waals surface area (Å²) in [7, 11) is 2.98. The highest BCUT2D eigenvalue weighted by Gasteiger charge is 2.13. The molecule has 0 atom stereocenters. The van der Waals surface area contributed by atoms with Gasteiger partial charge >= 0.3 is 5.97 Å².